The zero-order valence-corrected chi connectivity index (χ0v) is 12.8. The molecule has 6 nitrogen and oxygen atoms in total. The Labute approximate surface area is 118 Å². The number of rotatable bonds is 3. The van der Waals surface area contributed by atoms with Crippen molar-refractivity contribution in [3.8, 4) is 0 Å². The molecule has 0 radical (unpaired) electrons. The van der Waals surface area contributed by atoms with Gasteiger partial charge in [0.15, 0.2) is 5.82 Å². The van der Waals surface area contributed by atoms with Gasteiger partial charge in [0.05, 0.1) is 5.69 Å². The molecular weight excluding hydrogens is 276 g/mol. The average molecular weight is 294 g/mol. The van der Waals surface area contributed by atoms with Crippen LogP contribution in [-0.4, -0.2) is 25.2 Å². The van der Waals surface area contributed by atoms with E-state index in [1.165, 1.54) is 22.2 Å². The molecule has 1 aromatic carbocycles. The van der Waals surface area contributed by atoms with E-state index in [1.807, 2.05) is 26.0 Å². The van der Waals surface area contributed by atoms with Gasteiger partial charge in [-0.25, -0.2) is 8.42 Å². The molecule has 0 fully saturated rings. The molecule has 0 aliphatic rings. The van der Waals surface area contributed by atoms with Crippen molar-refractivity contribution < 1.29 is 8.42 Å². The zero-order chi connectivity index (χ0) is 15.1. The zero-order valence-electron chi connectivity index (χ0n) is 12.0. The Hall–Kier alpha value is -2.02. The van der Waals surface area contributed by atoms with Crippen molar-refractivity contribution in [1.29, 1.82) is 0 Å². The summed E-state index contributed by atoms with van der Waals surface area (Å²) in [6.45, 7) is 3.84. The van der Waals surface area contributed by atoms with Crippen LogP contribution in [0.2, 0.25) is 0 Å². The van der Waals surface area contributed by atoms with Gasteiger partial charge in [0, 0.05) is 20.3 Å². The molecule has 0 spiro atoms. The van der Waals surface area contributed by atoms with Crippen molar-refractivity contribution in [3.05, 3.63) is 35.5 Å². The number of anilines is 2. The number of aromatic nitrogens is 2. The predicted molar refractivity (Wildman–Crippen MR) is 79.1 cm³/mol. The highest BCUT2D eigenvalue weighted by atomic mass is 32.2. The summed E-state index contributed by atoms with van der Waals surface area (Å²) in [5, 5.41) is 3.88. The second-order valence-corrected chi connectivity index (χ2v) is 6.75. The molecule has 2 rings (SSSR count). The minimum Gasteiger partial charge on any atom is -0.381 e. The maximum atomic E-state index is 12.6. The highest BCUT2D eigenvalue weighted by molar-refractivity contribution is 7.93. The van der Waals surface area contributed by atoms with Crippen LogP contribution < -0.4 is 10.0 Å². The van der Waals surface area contributed by atoms with Gasteiger partial charge in [0.2, 0.25) is 0 Å². The molecule has 0 bridgehead atoms. The fourth-order valence-corrected chi connectivity index (χ4v) is 3.47. The third kappa shape index (κ3) is 2.36. The molecule has 1 aromatic heterocycles. The molecule has 0 amide bonds. The number of nitrogens with two attached hydrogens (primary N) is 1. The summed E-state index contributed by atoms with van der Waals surface area (Å²) < 4.78 is 27.8. The number of sulfonamides is 1. The van der Waals surface area contributed by atoms with Crippen molar-refractivity contribution in [1.82, 2.24) is 9.78 Å². The van der Waals surface area contributed by atoms with Gasteiger partial charge < -0.3 is 5.73 Å². The minimum atomic E-state index is -3.71. The van der Waals surface area contributed by atoms with E-state index >= 15 is 0 Å². The number of aryl methyl sites for hydroxylation is 3. The molecular formula is C13H18N4O2S. The number of benzene rings is 1. The second-order valence-electron chi connectivity index (χ2n) is 4.81. The van der Waals surface area contributed by atoms with Crippen LogP contribution in [0.5, 0.6) is 0 Å². The molecule has 20 heavy (non-hydrogen) atoms. The Morgan fingerprint density at radius 3 is 2.45 bits per heavy atom. The standard InChI is InChI=1S/C13H18N4O2S/c1-9-5-6-11(10(2)7-9)17(4)20(18,19)12-8-16(3)15-13(12)14/h5-8H,1-4H3,(H2,14,15). The molecule has 108 valence electrons. The Kier molecular flexibility index (Phi) is 3.47. The van der Waals surface area contributed by atoms with Crippen LogP contribution in [0.3, 0.4) is 0 Å². The summed E-state index contributed by atoms with van der Waals surface area (Å²) in [5.74, 6) is 0.00381. The molecule has 0 saturated heterocycles. The first-order chi connectivity index (χ1) is 9.23. The quantitative estimate of drug-likeness (QED) is 0.929. The molecule has 7 heteroatoms. The molecule has 0 unspecified atom stereocenters. The topological polar surface area (TPSA) is 81.2 Å². The van der Waals surface area contributed by atoms with E-state index < -0.39 is 10.0 Å². The van der Waals surface area contributed by atoms with E-state index in [9.17, 15) is 8.42 Å². The summed E-state index contributed by atoms with van der Waals surface area (Å²) in [4.78, 5) is 0.0162. The lowest BCUT2D eigenvalue weighted by Crippen LogP contribution is -2.27. The van der Waals surface area contributed by atoms with E-state index in [4.69, 9.17) is 5.73 Å². The average Bonchev–Trinajstić information content (AvgIpc) is 2.68. The summed E-state index contributed by atoms with van der Waals surface area (Å²) >= 11 is 0. The van der Waals surface area contributed by atoms with Gasteiger partial charge >= 0.3 is 0 Å². The molecule has 2 N–H and O–H groups in total. The normalized spacial score (nSPS) is 11.6. The van der Waals surface area contributed by atoms with Crippen LogP contribution in [0.1, 0.15) is 11.1 Å². The smallest absolute Gasteiger partial charge is 0.269 e. The number of hydrogen-bond acceptors (Lipinski definition) is 4. The van der Waals surface area contributed by atoms with Gasteiger partial charge in [-0.1, -0.05) is 17.7 Å². The Balaban J connectivity index is 2.51. The predicted octanol–water partition coefficient (Wildman–Crippen LogP) is 1.44. The maximum Gasteiger partial charge on any atom is 0.269 e. The lowest BCUT2D eigenvalue weighted by Gasteiger charge is -2.21. The Morgan fingerprint density at radius 2 is 1.95 bits per heavy atom. The number of hydrogen-bond donors (Lipinski definition) is 1. The van der Waals surface area contributed by atoms with Crippen LogP contribution in [0.25, 0.3) is 0 Å². The third-order valence-corrected chi connectivity index (χ3v) is 4.94. The van der Waals surface area contributed by atoms with Crippen LogP contribution in [-0.2, 0) is 17.1 Å². The van der Waals surface area contributed by atoms with E-state index in [1.54, 1.807) is 13.1 Å². The van der Waals surface area contributed by atoms with Crippen LogP contribution in [0, 0.1) is 13.8 Å². The monoisotopic (exact) mass is 294 g/mol. The van der Waals surface area contributed by atoms with E-state index in [2.05, 4.69) is 5.10 Å². The fraction of sp³-hybridized carbons (Fsp3) is 0.308. The van der Waals surface area contributed by atoms with Crippen LogP contribution >= 0.6 is 0 Å². The van der Waals surface area contributed by atoms with E-state index in [0.717, 1.165) is 11.1 Å². The van der Waals surface area contributed by atoms with Crippen molar-refractivity contribution >= 4 is 21.5 Å². The van der Waals surface area contributed by atoms with E-state index in [0.29, 0.717) is 5.69 Å². The largest absolute Gasteiger partial charge is 0.381 e. The number of nitrogen functional groups attached to an aromatic ring is 1. The summed E-state index contributed by atoms with van der Waals surface area (Å²) in [6, 6.07) is 5.60. The fourth-order valence-electron chi connectivity index (χ4n) is 2.12. The number of nitrogens with zero attached hydrogens (tertiary/aromatic N) is 3. The van der Waals surface area contributed by atoms with Gasteiger partial charge in [-0.3, -0.25) is 8.99 Å². The molecule has 0 aliphatic heterocycles. The first-order valence-corrected chi connectivity index (χ1v) is 7.53. The van der Waals surface area contributed by atoms with Crippen molar-refractivity contribution in [2.24, 2.45) is 7.05 Å². The molecule has 0 atom stereocenters. The van der Waals surface area contributed by atoms with Gasteiger partial charge in [-0.15, -0.1) is 0 Å². The molecule has 2 aromatic rings. The SMILES string of the molecule is Cc1ccc(N(C)S(=O)(=O)c2cn(C)nc2N)c(C)c1. The minimum absolute atomic E-state index is 0.00381. The Morgan fingerprint density at radius 1 is 1.30 bits per heavy atom. The van der Waals surface area contributed by atoms with Gasteiger partial charge in [-0.2, -0.15) is 5.10 Å². The highest BCUT2D eigenvalue weighted by Gasteiger charge is 2.26. The van der Waals surface area contributed by atoms with Crippen molar-refractivity contribution in [2.75, 3.05) is 17.1 Å². The van der Waals surface area contributed by atoms with Crippen LogP contribution in [0.15, 0.2) is 29.3 Å². The third-order valence-electron chi connectivity index (χ3n) is 3.15. The van der Waals surface area contributed by atoms with Gasteiger partial charge in [0.1, 0.15) is 4.90 Å². The first-order valence-electron chi connectivity index (χ1n) is 6.09. The lowest BCUT2D eigenvalue weighted by atomic mass is 10.1. The van der Waals surface area contributed by atoms with Crippen molar-refractivity contribution in [3.63, 3.8) is 0 Å². The van der Waals surface area contributed by atoms with E-state index in [-0.39, 0.29) is 10.7 Å². The molecule has 1 heterocycles. The summed E-state index contributed by atoms with van der Waals surface area (Å²) in [6.07, 6.45) is 1.41. The maximum absolute atomic E-state index is 12.6. The molecule has 0 aliphatic carbocycles. The highest BCUT2D eigenvalue weighted by Crippen LogP contribution is 2.27. The second kappa shape index (κ2) is 4.82. The lowest BCUT2D eigenvalue weighted by molar-refractivity contribution is 0.594. The Bertz CT molecular complexity index is 750. The van der Waals surface area contributed by atoms with Crippen LogP contribution in [0.4, 0.5) is 11.5 Å². The molecule has 0 saturated carbocycles. The van der Waals surface area contributed by atoms with Gasteiger partial charge in [-0.05, 0) is 25.5 Å². The van der Waals surface area contributed by atoms with Gasteiger partial charge in [0.25, 0.3) is 10.0 Å². The van der Waals surface area contributed by atoms with Crippen molar-refractivity contribution in [2.45, 2.75) is 18.7 Å². The first kappa shape index (κ1) is 14.4. The summed E-state index contributed by atoms with van der Waals surface area (Å²) in [5.41, 5.74) is 8.26. The summed E-state index contributed by atoms with van der Waals surface area (Å²) in [7, 11) is -0.567.